The fourth-order valence-corrected chi connectivity index (χ4v) is 3.27. The SMILES string of the molecule is COc1ccccc1/C=C(\C#N)C(=O)Nc1nc(-c2ccccc2OC)cs1. The number of benzene rings is 2. The van der Waals surface area contributed by atoms with Crippen LogP contribution in [0.15, 0.2) is 59.5 Å². The van der Waals surface area contributed by atoms with E-state index in [4.69, 9.17) is 9.47 Å². The Morgan fingerprint density at radius 3 is 2.50 bits per heavy atom. The molecule has 140 valence electrons. The van der Waals surface area contributed by atoms with Crippen LogP contribution in [0.2, 0.25) is 0 Å². The van der Waals surface area contributed by atoms with Crippen molar-refractivity contribution in [2.45, 2.75) is 0 Å². The molecule has 2 aromatic carbocycles. The molecule has 3 rings (SSSR count). The van der Waals surface area contributed by atoms with Crippen molar-refractivity contribution >= 4 is 28.5 Å². The number of ether oxygens (including phenoxy) is 2. The van der Waals surface area contributed by atoms with Gasteiger partial charge in [0.1, 0.15) is 23.1 Å². The quantitative estimate of drug-likeness (QED) is 0.498. The van der Waals surface area contributed by atoms with Crippen molar-refractivity contribution in [2.75, 3.05) is 19.5 Å². The fourth-order valence-electron chi connectivity index (χ4n) is 2.57. The molecule has 0 radical (unpaired) electrons. The number of nitrogens with one attached hydrogen (secondary N) is 1. The zero-order valence-corrected chi connectivity index (χ0v) is 16.1. The Balaban J connectivity index is 1.82. The number of hydrogen-bond acceptors (Lipinski definition) is 6. The summed E-state index contributed by atoms with van der Waals surface area (Å²) in [6.07, 6.45) is 1.49. The molecule has 0 aliphatic carbocycles. The molecule has 0 saturated carbocycles. The summed E-state index contributed by atoms with van der Waals surface area (Å²) < 4.78 is 10.6. The first kappa shape index (κ1) is 19.1. The van der Waals surface area contributed by atoms with Crippen LogP contribution in [-0.2, 0) is 4.79 Å². The second kappa shape index (κ2) is 8.84. The molecule has 0 spiro atoms. The average molecular weight is 391 g/mol. The predicted octanol–water partition coefficient (Wildman–Crippen LogP) is 4.37. The number of hydrogen-bond donors (Lipinski definition) is 1. The van der Waals surface area contributed by atoms with Crippen molar-refractivity contribution in [3.05, 3.63) is 65.0 Å². The summed E-state index contributed by atoms with van der Waals surface area (Å²) in [5.74, 6) is 0.740. The fraction of sp³-hybridized carbons (Fsp3) is 0.0952. The summed E-state index contributed by atoms with van der Waals surface area (Å²) in [6.45, 7) is 0. The van der Waals surface area contributed by atoms with Gasteiger partial charge in [-0.15, -0.1) is 11.3 Å². The number of aromatic nitrogens is 1. The van der Waals surface area contributed by atoms with Crippen LogP contribution >= 0.6 is 11.3 Å². The van der Waals surface area contributed by atoms with Crippen LogP contribution in [0.3, 0.4) is 0 Å². The second-order valence-corrected chi connectivity index (χ2v) is 6.46. The molecule has 0 saturated heterocycles. The number of para-hydroxylation sites is 2. The van der Waals surface area contributed by atoms with Gasteiger partial charge < -0.3 is 9.47 Å². The molecule has 28 heavy (non-hydrogen) atoms. The number of nitrogens with zero attached hydrogens (tertiary/aromatic N) is 2. The first-order valence-corrected chi connectivity index (χ1v) is 9.19. The minimum Gasteiger partial charge on any atom is -0.496 e. The highest BCUT2D eigenvalue weighted by molar-refractivity contribution is 7.14. The van der Waals surface area contributed by atoms with Crippen molar-refractivity contribution in [2.24, 2.45) is 0 Å². The van der Waals surface area contributed by atoms with Crippen LogP contribution in [-0.4, -0.2) is 25.1 Å². The van der Waals surface area contributed by atoms with E-state index in [-0.39, 0.29) is 5.57 Å². The van der Waals surface area contributed by atoms with Crippen molar-refractivity contribution in [3.8, 4) is 28.8 Å². The third-order valence-corrected chi connectivity index (χ3v) is 4.67. The van der Waals surface area contributed by atoms with Crippen molar-refractivity contribution in [1.82, 2.24) is 4.98 Å². The highest BCUT2D eigenvalue weighted by Crippen LogP contribution is 2.32. The zero-order valence-electron chi connectivity index (χ0n) is 15.3. The van der Waals surface area contributed by atoms with E-state index in [1.54, 1.807) is 19.2 Å². The smallest absolute Gasteiger partial charge is 0.268 e. The van der Waals surface area contributed by atoms with E-state index in [1.807, 2.05) is 47.8 Å². The molecular formula is C21H17N3O3S. The molecule has 3 aromatic rings. The first-order chi connectivity index (χ1) is 13.7. The Morgan fingerprint density at radius 1 is 1.11 bits per heavy atom. The highest BCUT2D eigenvalue weighted by Gasteiger charge is 2.14. The number of methoxy groups -OCH3 is 2. The summed E-state index contributed by atoms with van der Waals surface area (Å²) in [7, 11) is 3.13. The molecule has 1 heterocycles. The summed E-state index contributed by atoms with van der Waals surface area (Å²) in [6, 6.07) is 16.6. The second-order valence-electron chi connectivity index (χ2n) is 5.60. The molecule has 0 bridgehead atoms. The molecule has 0 aliphatic heterocycles. The van der Waals surface area contributed by atoms with E-state index in [0.29, 0.717) is 27.9 Å². The topological polar surface area (TPSA) is 84.2 Å². The van der Waals surface area contributed by atoms with Crippen molar-refractivity contribution in [1.29, 1.82) is 5.26 Å². The summed E-state index contributed by atoms with van der Waals surface area (Å²) in [4.78, 5) is 16.9. The van der Waals surface area contributed by atoms with E-state index >= 15 is 0 Å². The van der Waals surface area contributed by atoms with E-state index in [1.165, 1.54) is 24.5 Å². The van der Waals surface area contributed by atoms with Crippen molar-refractivity contribution < 1.29 is 14.3 Å². The maximum atomic E-state index is 12.5. The predicted molar refractivity (Wildman–Crippen MR) is 109 cm³/mol. The third-order valence-electron chi connectivity index (χ3n) is 3.91. The normalized spacial score (nSPS) is 10.8. The number of nitriles is 1. The van der Waals surface area contributed by atoms with Crippen LogP contribution in [0, 0.1) is 11.3 Å². The standard InChI is InChI=1S/C21H17N3O3S/c1-26-18-9-5-3-7-14(18)11-15(12-22)20(25)24-21-23-17(13-28-21)16-8-4-6-10-19(16)27-2/h3-11,13H,1-2H3,(H,23,24,25)/b15-11+. The lowest BCUT2D eigenvalue weighted by Crippen LogP contribution is -2.13. The van der Waals surface area contributed by atoms with Crippen molar-refractivity contribution in [3.63, 3.8) is 0 Å². The van der Waals surface area contributed by atoms with Crippen LogP contribution in [0.4, 0.5) is 5.13 Å². The Hall–Kier alpha value is -3.63. The molecule has 0 fully saturated rings. The molecule has 0 atom stereocenters. The Kier molecular flexibility index (Phi) is 6.04. The largest absolute Gasteiger partial charge is 0.496 e. The third kappa shape index (κ3) is 4.19. The minimum atomic E-state index is -0.533. The summed E-state index contributed by atoms with van der Waals surface area (Å²) >= 11 is 1.27. The summed E-state index contributed by atoms with van der Waals surface area (Å²) in [5.41, 5.74) is 2.11. The molecule has 1 N–H and O–H groups in total. The van der Waals surface area contributed by atoms with E-state index in [9.17, 15) is 10.1 Å². The number of carbonyl (C=O) groups is 1. The number of carbonyl (C=O) groups excluding carboxylic acids is 1. The molecule has 1 aromatic heterocycles. The zero-order chi connectivity index (χ0) is 19.9. The number of thiazole rings is 1. The van der Waals surface area contributed by atoms with Gasteiger partial charge in [-0.05, 0) is 24.3 Å². The van der Waals surface area contributed by atoms with Gasteiger partial charge in [0.25, 0.3) is 5.91 Å². The first-order valence-electron chi connectivity index (χ1n) is 8.31. The van der Waals surface area contributed by atoms with Crippen LogP contribution in [0.25, 0.3) is 17.3 Å². The van der Waals surface area contributed by atoms with Gasteiger partial charge in [-0.25, -0.2) is 4.98 Å². The lowest BCUT2D eigenvalue weighted by atomic mass is 10.1. The van der Waals surface area contributed by atoms with E-state index in [0.717, 1.165) is 5.56 Å². The summed E-state index contributed by atoms with van der Waals surface area (Å²) in [5, 5.41) is 14.3. The molecule has 1 amide bonds. The Bertz CT molecular complexity index is 1070. The maximum absolute atomic E-state index is 12.5. The van der Waals surface area contributed by atoms with E-state index in [2.05, 4.69) is 10.3 Å². The van der Waals surface area contributed by atoms with Gasteiger partial charge in [-0.2, -0.15) is 5.26 Å². The molecule has 0 aliphatic rings. The van der Waals surface area contributed by atoms with Gasteiger partial charge in [-0.1, -0.05) is 30.3 Å². The number of rotatable bonds is 6. The molecular weight excluding hydrogens is 374 g/mol. The van der Waals surface area contributed by atoms with Gasteiger partial charge in [0, 0.05) is 16.5 Å². The molecule has 7 heteroatoms. The van der Waals surface area contributed by atoms with Gasteiger partial charge >= 0.3 is 0 Å². The van der Waals surface area contributed by atoms with Gasteiger partial charge in [0.15, 0.2) is 5.13 Å². The monoisotopic (exact) mass is 391 g/mol. The van der Waals surface area contributed by atoms with Gasteiger partial charge in [0.2, 0.25) is 0 Å². The molecule has 6 nitrogen and oxygen atoms in total. The van der Waals surface area contributed by atoms with Crippen LogP contribution in [0.1, 0.15) is 5.56 Å². The Morgan fingerprint density at radius 2 is 1.79 bits per heavy atom. The maximum Gasteiger partial charge on any atom is 0.268 e. The number of anilines is 1. The minimum absolute atomic E-state index is 0.0430. The van der Waals surface area contributed by atoms with E-state index < -0.39 is 5.91 Å². The Labute approximate surface area is 166 Å². The number of amides is 1. The molecule has 0 unspecified atom stereocenters. The lowest BCUT2D eigenvalue weighted by Gasteiger charge is -2.05. The van der Waals surface area contributed by atoms with Crippen LogP contribution in [0.5, 0.6) is 11.5 Å². The average Bonchev–Trinajstić information content (AvgIpc) is 3.20. The lowest BCUT2D eigenvalue weighted by molar-refractivity contribution is -0.112. The van der Waals surface area contributed by atoms with Crippen LogP contribution < -0.4 is 14.8 Å². The van der Waals surface area contributed by atoms with Gasteiger partial charge in [-0.3, -0.25) is 10.1 Å². The highest BCUT2D eigenvalue weighted by atomic mass is 32.1. The van der Waals surface area contributed by atoms with Gasteiger partial charge in [0.05, 0.1) is 19.9 Å².